The summed E-state index contributed by atoms with van der Waals surface area (Å²) in [5, 5.41) is 0. The molecule has 0 unspecified atom stereocenters. The molecule has 0 radical (unpaired) electrons. The molecule has 13 heavy (non-hydrogen) atoms. The molecule has 2 rings (SSSR count). The first-order chi connectivity index (χ1) is 6.36. The van der Waals surface area contributed by atoms with Crippen LogP contribution in [0.3, 0.4) is 0 Å². The van der Waals surface area contributed by atoms with Gasteiger partial charge in [0.2, 0.25) is 0 Å². The molecule has 0 aliphatic carbocycles. The van der Waals surface area contributed by atoms with Gasteiger partial charge in [0.1, 0.15) is 5.82 Å². The predicted molar refractivity (Wildman–Crippen MR) is 47.4 cm³/mol. The van der Waals surface area contributed by atoms with E-state index < -0.39 is 0 Å². The summed E-state index contributed by atoms with van der Waals surface area (Å²) in [5.74, 6) is -0.334. The molecule has 0 saturated carbocycles. The highest BCUT2D eigenvalue weighted by Crippen LogP contribution is 2.12. The van der Waals surface area contributed by atoms with Crippen LogP contribution in [0.15, 0.2) is 42.7 Å². The van der Waals surface area contributed by atoms with Crippen LogP contribution in [0.5, 0.6) is 0 Å². The van der Waals surface area contributed by atoms with Crippen LogP contribution in [0.25, 0.3) is 11.4 Å². The Bertz CT molecular complexity index is 383. The first-order valence-electron chi connectivity index (χ1n) is 3.89. The summed E-state index contributed by atoms with van der Waals surface area (Å²) < 4.78 is 12.5. The number of hydrogen-bond donors (Lipinski definition) is 0. The minimum atomic E-state index is -0.334. The van der Waals surface area contributed by atoms with Crippen LogP contribution in [0.4, 0.5) is 4.39 Å². The van der Waals surface area contributed by atoms with E-state index in [0.29, 0.717) is 5.69 Å². The van der Waals surface area contributed by atoms with E-state index in [4.69, 9.17) is 0 Å². The van der Waals surface area contributed by atoms with Gasteiger partial charge in [0.05, 0.1) is 17.6 Å². The highest BCUT2D eigenvalue weighted by atomic mass is 19.1. The molecule has 0 amide bonds. The molecule has 0 bridgehead atoms. The van der Waals surface area contributed by atoms with Gasteiger partial charge < -0.3 is 0 Å². The zero-order chi connectivity index (χ0) is 9.10. The van der Waals surface area contributed by atoms with Crippen molar-refractivity contribution >= 4 is 0 Å². The third kappa shape index (κ3) is 1.69. The van der Waals surface area contributed by atoms with Crippen LogP contribution in [-0.2, 0) is 0 Å². The van der Waals surface area contributed by atoms with E-state index in [1.807, 2.05) is 18.2 Å². The van der Waals surface area contributed by atoms with E-state index in [2.05, 4.69) is 9.97 Å². The molecule has 0 N–H and O–H groups in total. The van der Waals surface area contributed by atoms with Crippen molar-refractivity contribution in [2.75, 3.05) is 0 Å². The highest BCUT2D eigenvalue weighted by molar-refractivity contribution is 5.52. The third-order valence-electron chi connectivity index (χ3n) is 1.65. The van der Waals surface area contributed by atoms with Gasteiger partial charge in [0, 0.05) is 6.20 Å². The van der Waals surface area contributed by atoms with E-state index in [9.17, 15) is 4.39 Å². The molecular weight excluding hydrogens is 167 g/mol. The summed E-state index contributed by atoms with van der Waals surface area (Å²) in [4.78, 5) is 8.00. The van der Waals surface area contributed by atoms with Crippen molar-refractivity contribution in [3.63, 3.8) is 0 Å². The Balaban J connectivity index is 2.42. The Morgan fingerprint density at radius 1 is 0.923 bits per heavy atom. The van der Waals surface area contributed by atoms with Crippen LogP contribution in [-0.4, -0.2) is 9.97 Å². The Kier molecular flexibility index (Phi) is 2.00. The second kappa shape index (κ2) is 3.31. The number of rotatable bonds is 1. The van der Waals surface area contributed by atoms with Crippen LogP contribution in [0, 0.1) is 5.82 Å². The molecule has 64 valence electrons. The molecule has 0 atom stereocenters. The standard InChI is InChI=1S/C10H7FN2/c11-8-4-5-10(13-7-8)9-3-1-2-6-12-9/h1-7H. The molecule has 2 nitrogen and oxygen atoms in total. The minimum absolute atomic E-state index is 0.334. The average molecular weight is 174 g/mol. The smallest absolute Gasteiger partial charge is 0.141 e. The number of hydrogen-bond acceptors (Lipinski definition) is 2. The first-order valence-corrected chi connectivity index (χ1v) is 3.89. The maximum Gasteiger partial charge on any atom is 0.141 e. The monoisotopic (exact) mass is 174 g/mol. The van der Waals surface area contributed by atoms with Gasteiger partial charge >= 0.3 is 0 Å². The van der Waals surface area contributed by atoms with E-state index in [-0.39, 0.29) is 5.82 Å². The van der Waals surface area contributed by atoms with Gasteiger partial charge in [0.15, 0.2) is 0 Å². The molecular formula is C10H7FN2. The molecule has 0 aliphatic rings. The van der Waals surface area contributed by atoms with Gasteiger partial charge in [-0.05, 0) is 24.3 Å². The molecule has 0 saturated heterocycles. The highest BCUT2D eigenvalue weighted by Gasteiger charge is 1.98. The quantitative estimate of drug-likeness (QED) is 0.662. The van der Waals surface area contributed by atoms with Crippen LogP contribution >= 0.6 is 0 Å². The van der Waals surface area contributed by atoms with Gasteiger partial charge in [-0.15, -0.1) is 0 Å². The average Bonchev–Trinajstić information content (AvgIpc) is 2.20. The Morgan fingerprint density at radius 3 is 2.38 bits per heavy atom. The predicted octanol–water partition coefficient (Wildman–Crippen LogP) is 2.28. The largest absolute Gasteiger partial charge is 0.255 e. The zero-order valence-corrected chi connectivity index (χ0v) is 6.81. The summed E-state index contributed by atoms with van der Waals surface area (Å²) in [6.45, 7) is 0. The summed E-state index contributed by atoms with van der Waals surface area (Å²) in [7, 11) is 0. The fourth-order valence-corrected chi connectivity index (χ4v) is 1.04. The fourth-order valence-electron chi connectivity index (χ4n) is 1.04. The van der Waals surface area contributed by atoms with E-state index in [0.717, 1.165) is 5.69 Å². The zero-order valence-electron chi connectivity index (χ0n) is 6.81. The van der Waals surface area contributed by atoms with Crippen LogP contribution in [0.2, 0.25) is 0 Å². The SMILES string of the molecule is Fc1ccc(-c2ccccn2)nc1. The number of pyridine rings is 2. The molecule has 2 heterocycles. The molecule has 0 fully saturated rings. The van der Waals surface area contributed by atoms with Crippen molar-refractivity contribution in [1.29, 1.82) is 0 Å². The minimum Gasteiger partial charge on any atom is -0.255 e. The Labute approximate surface area is 75.1 Å². The molecule has 3 heteroatoms. The normalized spacial score (nSPS) is 9.92. The maximum absolute atomic E-state index is 12.5. The van der Waals surface area contributed by atoms with E-state index in [1.165, 1.54) is 12.3 Å². The van der Waals surface area contributed by atoms with Gasteiger partial charge in [-0.2, -0.15) is 0 Å². The summed E-state index contributed by atoms with van der Waals surface area (Å²) >= 11 is 0. The summed E-state index contributed by atoms with van der Waals surface area (Å²) in [5.41, 5.74) is 1.43. The molecule has 2 aromatic heterocycles. The summed E-state index contributed by atoms with van der Waals surface area (Å²) in [6, 6.07) is 8.51. The number of aromatic nitrogens is 2. The fraction of sp³-hybridized carbons (Fsp3) is 0. The lowest BCUT2D eigenvalue weighted by molar-refractivity contribution is 0.622. The molecule has 0 aliphatic heterocycles. The second-order valence-electron chi connectivity index (χ2n) is 2.58. The Morgan fingerprint density at radius 2 is 1.77 bits per heavy atom. The van der Waals surface area contributed by atoms with Crippen LogP contribution in [0.1, 0.15) is 0 Å². The van der Waals surface area contributed by atoms with Gasteiger partial charge in [-0.1, -0.05) is 6.07 Å². The van der Waals surface area contributed by atoms with Crippen molar-refractivity contribution in [3.05, 3.63) is 48.5 Å². The van der Waals surface area contributed by atoms with Crippen molar-refractivity contribution in [2.45, 2.75) is 0 Å². The van der Waals surface area contributed by atoms with Gasteiger partial charge in [-0.25, -0.2) is 4.39 Å². The van der Waals surface area contributed by atoms with Crippen molar-refractivity contribution in [1.82, 2.24) is 9.97 Å². The second-order valence-corrected chi connectivity index (χ2v) is 2.58. The molecule has 0 spiro atoms. The lowest BCUT2D eigenvalue weighted by Crippen LogP contribution is -1.86. The van der Waals surface area contributed by atoms with E-state index >= 15 is 0 Å². The Hall–Kier alpha value is -1.77. The lowest BCUT2D eigenvalue weighted by atomic mass is 10.2. The van der Waals surface area contributed by atoms with Crippen molar-refractivity contribution in [2.24, 2.45) is 0 Å². The van der Waals surface area contributed by atoms with E-state index in [1.54, 1.807) is 12.3 Å². The van der Waals surface area contributed by atoms with Crippen molar-refractivity contribution in [3.8, 4) is 11.4 Å². The lowest BCUT2D eigenvalue weighted by Gasteiger charge is -1.97. The van der Waals surface area contributed by atoms with Crippen LogP contribution < -0.4 is 0 Å². The molecule has 0 aromatic carbocycles. The maximum atomic E-state index is 12.5. The number of halogens is 1. The third-order valence-corrected chi connectivity index (χ3v) is 1.65. The molecule has 2 aromatic rings. The van der Waals surface area contributed by atoms with Gasteiger partial charge in [0.25, 0.3) is 0 Å². The van der Waals surface area contributed by atoms with Gasteiger partial charge in [-0.3, -0.25) is 9.97 Å². The summed E-state index contributed by atoms with van der Waals surface area (Å²) in [6.07, 6.45) is 2.87. The number of nitrogens with zero attached hydrogens (tertiary/aromatic N) is 2. The topological polar surface area (TPSA) is 25.8 Å². The van der Waals surface area contributed by atoms with Crippen molar-refractivity contribution < 1.29 is 4.39 Å². The first kappa shape index (κ1) is 7.86.